The van der Waals surface area contributed by atoms with Gasteiger partial charge in [0.15, 0.2) is 0 Å². The van der Waals surface area contributed by atoms with E-state index in [9.17, 15) is 0 Å². The first-order chi connectivity index (χ1) is 5.42. The summed E-state index contributed by atoms with van der Waals surface area (Å²) in [6.45, 7) is 0. The van der Waals surface area contributed by atoms with Gasteiger partial charge in [-0.25, -0.2) is 4.98 Å². The van der Waals surface area contributed by atoms with Gasteiger partial charge in [-0.1, -0.05) is 0 Å². The third-order valence-electron chi connectivity index (χ3n) is 1.52. The maximum absolute atomic E-state index is 7.17. The summed E-state index contributed by atoms with van der Waals surface area (Å²) in [7, 11) is 0.237. The molecule has 0 atom stereocenters. The van der Waals surface area contributed by atoms with E-state index in [0.29, 0.717) is 0 Å². The van der Waals surface area contributed by atoms with Crippen LogP contribution in [-0.2, 0) is 7.02 Å². The molecule has 0 fully saturated rings. The Morgan fingerprint density at radius 3 is 3.50 bits per heavy atom. The molecule has 0 unspecified atom stereocenters. The Bertz CT molecular complexity index is 367. The molecule has 50 valence electrons. The van der Waals surface area contributed by atoms with Crippen LogP contribution in [0.2, 0.25) is 0 Å². The highest BCUT2D eigenvalue weighted by Gasteiger charge is 1.93. The van der Waals surface area contributed by atoms with Gasteiger partial charge in [-0.2, -0.15) is 0 Å². The number of hydrogen-bond donors (Lipinski definition) is 0. The van der Waals surface area contributed by atoms with Crippen molar-refractivity contribution in [3.8, 4) is 0 Å². The molecule has 0 radical (unpaired) electrons. The van der Waals surface area contributed by atoms with Crippen molar-refractivity contribution in [1.29, 1.82) is 0 Å². The van der Waals surface area contributed by atoms with Crippen LogP contribution in [0.25, 0.3) is 11.0 Å². The standard InChI is InChI=1S/C8H8N2/c1-10-6-4-7-3-2-5-9-8(7)10/h2-6H,1H3/i1D. The predicted molar refractivity (Wildman–Crippen MR) is 40.7 cm³/mol. The third kappa shape index (κ3) is 0.620. The molecule has 0 saturated carbocycles. The highest BCUT2D eigenvalue weighted by molar-refractivity contribution is 5.75. The van der Waals surface area contributed by atoms with Gasteiger partial charge in [0.25, 0.3) is 0 Å². The molecule has 0 spiro atoms. The summed E-state index contributed by atoms with van der Waals surface area (Å²) in [5.74, 6) is 0. The molecule has 10 heavy (non-hydrogen) atoms. The van der Waals surface area contributed by atoms with Crippen LogP contribution in [-0.4, -0.2) is 9.55 Å². The second-order valence-corrected chi connectivity index (χ2v) is 2.20. The molecule has 2 heteroatoms. The normalized spacial score (nSPS) is 11.8. The van der Waals surface area contributed by atoms with Crippen LogP contribution in [0.4, 0.5) is 0 Å². The molecule has 0 bridgehead atoms. The van der Waals surface area contributed by atoms with Crippen molar-refractivity contribution in [2.24, 2.45) is 7.02 Å². The van der Waals surface area contributed by atoms with E-state index in [4.69, 9.17) is 1.37 Å². The van der Waals surface area contributed by atoms with E-state index < -0.39 is 0 Å². The zero-order valence-electron chi connectivity index (χ0n) is 6.49. The Hall–Kier alpha value is -1.31. The van der Waals surface area contributed by atoms with Crippen molar-refractivity contribution in [3.05, 3.63) is 30.6 Å². The molecule has 0 aliphatic carbocycles. The van der Waals surface area contributed by atoms with Gasteiger partial charge in [-0.3, -0.25) is 0 Å². The Morgan fingerprint density at radius 2 is 2.60 bits per heavy atom. The van der Waals surface area contributed by atoms with Crippen molar-refractivity contribution in [2.75, 3.05) is 0 Å². The van der Waals surface area contributed by atoms with Crippen LogP contribution >= 0.6 is 0 Å². The average Bonchev–Trinajstić information content (AvgIpc) is 2.47. The van der Waals surface area contributed by atoms with E-state index in [2.05, 4.69) is 4.98 Å². The van der Waals surface area contributed by atoms with Gasteiger partial charge in [0.05, 0.1) is 0 Å². The molecule has 2 aromatic rings. The maximum Gasteiger partial charge on any atom is 0.139 e. The minimum Gasteiger partial charge on any atom is -0.336 e. The molecule has 0 aliphatic rings. The fourth-order valence-corrected chi connectivity index (χ4v) is 1.02. The first-order valence-corrected chi connectivity index (χ1v) is 3.11. The van der Waals surface area contributed by atoms with Crippen molar-refractivity contribution in [1.82, 2.24) is 9.55 Å². The van der Waals surface area contributed by atoms with E-state index in [1.165, 1.54) is 0 Å². The van der Waals surface area contributed by atoms with Crippen molar-refractivity contribution in [3.63, 3.8) is 0 Å². The summed E-state index contributed by atoms with van der Waals surface area (Å²) in [4.78, 5) is 4.15. The second-order valence-electron chi connectivity index (χ2n) is 2.20. The average molecular weight is 133 g/mol. The molecule has 2 nitrogen and oxygen atoms in total. The molecule has 2 heterocycles. The summed E-state index contributed by atoms with van der Waals surface area (Å²) in [5.41, 5.74) is 0.891. The fourth-order valence-electron chi connectivity index (χ4n) is 1.02. The van der Waals surface area contributed by atoms with Crippen LogP contribution in [0.1, 0.15) is 1.37 Å². The highest BCUT2D eigenvalue weighted by Crippen LogP contribution is 2.09. The lowest BCUT2D eigenvalue weighted by molar-refractivity contribution is 0.948. The highest BCUT2D eigenvalue weighted by atomic mass is 15.0. The lowest BCUT2D eigenvalue weighted by Gasteiger charge is -1.91. The molecule has 0 aromatic carbocycles. The number of nitrogens with zero attached hydrogens (tertiary/aromatic N) is 2. The summed E-state index contributed by atoms with van der Waals surface area (Å²) in [5, 5.41) is 1.10. The minimum atomic E-state index is 0.237. The first kappa shape index (κ1) is 4.50. The van der Waals surface area contributed by atoms with E-state index in [1.807, 2.05) is 24.4 Å². The Kier molecular flexibility index (Phi) is 0.826. The second kappa shape index (κ2) is 1.84. The van der Waals surface area contributed by atoms with Crippen LogP contribution < -0.4 is 0 Å². The van der Waals surface area contributed by atoms with Crippen LogP contribution in [0.3, 0.4) is 0 Å². The predicted octanol–water partition coefficient (Wildman–Crippen LogP) is 1.57. The van der Waals surface area contributed by atoms with Crippen molar-refractivity contribution < 1.29 is 1.37 Å². The lowest BCUT2D eigenvalue weighted by Crippen LogP contribution is -1.85. The molecule has 0 saturated heterocycles. The van der Waals surface area contributed by atoms with Crippen molar-refractivity contribution >= 4 is 11.0 Å². The number of pyridine rings is 1. The van der Waals surface area contributed by atoms with Gasteiger partial charge >= 0.3 is 0 Å². The van der Waals surface area contributed by atoms with E-state index in [1.54, 1.807) is 10.8 Å². The van der Waals surface area contributed by atoms with Crippen LogP contribution in [0.15, 0.2) is 30.6 Å². The molecular formula is C8H8N2. The SMILES string of the molecule is [2H]Cn1ccc2cccnc21. The number of rotatable bonds is 0. The summed E-state index contributed by atoms with van der Waals surface area (Å²) in [6, 6.07) is 5.86. The summed E-state index contributed by atoms with van der Waals surface area (Å²) >= 11 is 0. The number of fused-ring (bicyclic) bond motifs is 1. The third-order valence-corrected chi connectivity index (χ3v) is 1.52. The zero-order chi connectivity index (χ0) is 7.68. The molecule has 0 amide bonds. The van der Waals surface area contributed by atoms with E-state index in [0.717, 1.165) is 11.0 Å². The van der Waals surface area contributed by atoms with Gasteiger partial charge in [0.1, 0.15) is 5.65 Å². The van der Waals surface area contributed by atoms with Crippen LogP contribution in [0, 0.1) is 0 Å². The molecule has 0 N–H and O–H groups in total. The monoisotopic (exact) mass is 133 g/mol. The summed E-state index contributed by atoms with van der Waals surface area (Å²) in [6.07, 6.45) is 3.62. The number of aryl methyl sites for hydroxylation is 1. The van der Waals surface area contributed by atoms with E-state index >= 15 is 0 Å². The quantitative estimate of drug-likeness (QED) is 0.533. The Balaban J connectivity index is 2.76. The molecule has 0 aliphatic heterocycles. The first-order valence-electron chi connectivity index (χ1n) is 3.81. The van der Waals surface area contributed by atoms with Gasteiger partial charge in [0, 0.05) is 26.2 Å². The fraction of sp³-hybridized carbons (Fsp3) is 0.125. The van der Waals surface area contributed by atoms with Gasteiger partial charge in [0.2, 0.25) is 0 Å². The maximum atomic E-state index is 7.17. The van der Waals surface area contributed by atoms with Gasteiger partial charge < -0.3 is 4.57 Å². The molecule has 2 aromatic heterocycles. The van der Waals surface area contributed by atoms with Gasteiger partial charge in [-0.15, -0.1) is 0 Å². The minimum absolute atomic E-state index is 0.237. The van der Waals surface area contributed by atoms with Gasteiger partial charge in [-0.05, 0) is 18.2 Å². The smallest absolute Gasteiger partial charge is 0.139 e. The lowest BCUT2D eigenvalue weighted by atomic mass is 10.3. The Morgan fingerprint density at radius 1 is 1.60 bits per heavy atom. The van der Waals surface area contributed by atoms with Crippen LogP contribution in [0.5, 0.6) is 0 Å². The topological polar surface area (TPSA) is 17.8 Å². The largest absolute Gasteiger partial charge is 0.336 e. The number of aromatic nitrogens is 2. The molecule has 2 rings (SSSR count). The van der Waals surface area contributed by atoms with E-state index in [-0.39, 0.29) is 7.02 Å². The zero-order valence-corrected chi connectivity index (χ0v) is 5.49. The summed E-state index contributed by atoms with van der Waals surface area (Å²) < 4.78 is 8.97. The number of hydrogen-bond acceptors (Lipinski definition) is 1. The molecular weight excluding hydrogens is 124 g/mol. The van der Waals surface area contributed by atoms with Crippen molar-refractivity contribution in [2.45, 2.75) is 0 Å². The Labute approximate surface area is 60.5 Å².